The van der Waals surface area contributed by atoms with Gasteiger partial charge in [-0.25, -0.2) is 0 Å². The molecule has 2 aromatic rings. The van der Waals surface area contributed by atoms with Crippen molar-refractivity contribution in [2.45, 2.75) is 33.7 Å². The van der Waals surface area contributed by atoms with Gasteiger partial charge in [0.1, 0.15) is 12.4 Å². The van der Waals surface area contributed by atoms with E-state index >= 15 is 0 Å². The number of hydrogen-bond acceptors (Lipinski definition) is 3. The van der Waals surface area contributed by atoms with Crippen LogP contribution in [0.15, 0.2) is 42.5 Å². The third-order valence-electron chi connectivity index (χ3n) is 3.68. The SMILES string of the molecule is CC(=O)Nc1cc(C(=O)NC(C)COc2cccc(C)c2)ccc1C. The van der Waals surface area contributed by atoms with E-state index in [1.54, 1.807) is 12.1 Å². The van der Waals surface area contributed by atoms with Crippen molar-refractivity contribution in [1.29, 1.82) is 0 Å². The molecule has 0 aliphatic carbocycles. The van der Waals surface area contributed by atoms with Crippen LogP contribution in [0.25, 0.3) is 0 Å². The van der Waals surface area contributed by atoms with Crippen molar-refractivity contribution in [3.8, 4) is 5.75 Å². The monoisotopic (exact) mass is 340 g/mol. The number of amides is 2. The summed E-state index contributed by atoms with van der Waals surface area (Å²) in [6.45, 7) is 7.58. The third-order valence-corrected chi connectivity index (χ3v) is 3.68. The number of hydrogen-bond donors (Lipinski definition) is 2. The topological polar surface area (TPSA) is 67.4 Å². The molecule has 2 amide bonds. The minimum absolute atomic E-state index is 0.154. The van der Waals surface area contributed by atoms with Gasteiger partial charge in [0, 0.05) is 18.2 Å². The largest absolute Gasteiger partial charge is 0.491 e. The number of nitrogens with one attached hydrogen (secondary N) is 2. The first-order valence-electron chi connectivity index (χ1n) is 8.23. The molecular formula is C20H24N2O3. The van der Waals surface area contributed by atoms with Gasteiger partial charge >= 0.3 is 0 Å². The highest BCUT2D eigenvalue weighted by Crippen LogP contribution is 2.17. The normalized spacial score (nSPS) is 11.5. The Kier molecular flexibility index (Phi) is 6.17. The number of anilines is 1. The van der Waals surface area contributed by atoms with Gasteiger partial charge in [-0.2, -0.15) is 0 Å². The maximum atomic E-state index is 12.4. The Hall–Kier alpha value is -2.82. The van der Waals surface area contributed by atoms with Crippen LogP contribution in [0.5, 0.6) is 5.75 Å². The molecule has 25 heavy (non-hydrogen) atoms. The van der Waals surface area contributed by atoms with Crippen LogP contribution in [0.1, 0.15) is 35.3 Å². The van der Waals surface area contributed by atoms with Crippen molar-refractivity contribution >= 4 is 17.5 Å². The van der Waals surface area contributed by atoms with Crippen LogP contribution in [-0.4, -0.2) is 24.5 Å². The van der Waals surface area contributed by atoms with E-state index in [1.807, 2.05) is 51.1 Å². The molecule has 0 spiro atoms. The lowest BCUT2D eigenvalue weighted by Gasteiger charge is -2.16. The molecule has 1 unspecified atom stereocenters. The Labute approximate surface area is 148 Å². The number of ether oxygens (including phenoxy) is 1. The Morgan fingerprint density at radius 3 is 2.56 bits per heavy atom. The number of carbonyl (C=O) groups excluding carboxylic acids is 2. The van der Waals surface area contributed by atoms with Crippen LogP contribution in [0.3, 0.4) is 0 Å². The zero-order valence-electron chi connectivity index (χ0n) is 15.1. The van der Waals surface area contributed by atoms with Crippen LogP contribution in [0.2, 0.25) is 0 Å². The second-order valence-corrected chi connectivity index (χ2v) is 6.21. The van der Waals surface area contributed by atoms with E-state index in [0.29, 0.717) is 17.9 Å². The fraction of sp³-hybridized carbons (Fsp3) is 0.300. The summed E-state index contributed by atoms with van der Waals surface area (Å²) in [6.07, 6.45) is 0. The summed E-state index contributed by atoms with van der Waals surface area (Å²) in [5, 5.41) is 5.63. The molecule has 0 fully saturated rings. The van der Waals surface area contributed by atoms with Crippen molar-refractivity contribution in [2.75, 3.05) is 11.9 Å². The van der Waals surface area contributed by atoms with Crippen LogP contribution >= 0.6 is 0 Å². The molecule has 0 aromatic heterocycles. The lowest BCUT2D eigenvalue weighted by Crippen LogP contribution is -2.36. The zero-order valence-corrected chi connectivity index (χ0v) is 15.1. The smallest absolute Gasteiger partial charge is 0.251 e. The molecule has 2 N–H and O–H groups in total. The summed E-state index contributed by atoms with van der Waals surface area (Å²) < 4.78 is 5.71. The molecule has 0 radical (unpaired) electrons. The number of benzene rings is 2. The average molecular weight is 340 g/mol. The summed E-state index contributed by atoms with van der Waals surface area (Å²) in [7, 11) is 0. The lowest BCUT2D eigenvalue weighted by atomic mass is 10.1. The fourth-order valence-electron chi connectivity index (χ4n) is 2.36. The van der Waals surface area contributed by atoms with Gasteiger partial charge in [-0.3, -0.25) is 9.59 Å². The molecule has 0 aliphatic heterocycles. The molecular weight excluding hydrogens is 316 g/mol. The molecule has 2 aromatic carbocycles. The molecule has 5 nitrogen and oxygen atoms in total. The first-order chi connectivity index (χ1) is 11.8. The van der Waals surface area contributed by atoms with E-state index in [-0.39, 0.29) is 17.9 Å². The summed E-state index contributed by atoms with van der Waals surface area (Å²) in [5.41, 5.74) is 3.17. The van der Waals surface area contributed by atoms with E-state index in [4.69, 9.17) is 4.74 Å². The molecule has 0 bridgehead atoms. The van der Waals surface area contributed by atoms with Gasteiger partial charge in [0.15, 0.2) is 0 Å². The minimum atomic E-state index is -0.202. The zero-order chi connectivity index (χ0) is 18.4. The molecule has 2 rings (SSSR count). The predicted molar refractivity (Wildman–Crippen MR) is 99.1 cm³/mol. The molecule has 0 saturated heterocycles. The third kappa shape index (κ3) is 5.64. The van der Waals surface area contributed by atoms with E-state index < -0.39 is 0 Å². The maximum absolute atomic E-state index is 12.4. The number of carbonyl (C=O) groups is 2. The highest BCUT2D eigenvalue weighted by molar-refractivity contribution is 5.97. The average Bonchev–Trinajstić information content (AvgIpc) is 2.54. The summed E-state index contributed by atoms with van der Waals surface area (Å²) in [4.78, 5) is 23.6. The predicted octanol–water partition coefficient (Wildman–Crippen LogP) is 3.46. The fourth-order valence-corrected chi connectivity index (χ4v) is 2.36. The molecule has 1 atom stereocenters. The molecule has 132 valence electrons. The van der Waals surface area contributed by atoms with Gasteiger partial charge in [-0.1, -0.05) is 18.2 Å². The van der Waals surface area contributed by atoms with Gasteiger partial charge in [0.05, 0.1) is 6.04 Å². The van der Waals surface area contributed by atoms with Gasteiger partial charge < -0.3 is 15.4 Å². The lowest BCUT2D eigenvalue weighted by molar-refractivity contribution is -0.114. The first-order valence-corrected chi connectivity index (χ1v) is 8.23. The van der Waals surface area contributed by atoms with E-state index in [0.717, 1.165) is 16.9 Å². The summed E-state index contributed by atoms with van der Waals surface area (Å²) >= 11 is 0. The van der Waals surface area contributed by atoms with Crippen LogP contribution in [0.4, 0.5) is 5.69 Å². The van der Waals surface area contributed by atoms with Gasteiger partial charge in [0.25, 0.3) is 5.91 Å². The van der Waals surface area contributed by atoms with E-state index in [1.165, 1.54) is 6.92 Å². The van der Waals surface area contributed by atoms with Crippen molar-refractivity contribution in [2.24, 2.45) is 0 Å². The Morgan fingerprint density at radius 1 is 1.12 bits per heavy atom. The van der Waals surface area contributed by atoms with Gasteiger partial charge in [0.2, 0.25) is 5.91 Å². The molecule has 0 saturated carbocycles. The summed E-state index contributed by atoms with van der Waals surface area (Å²) in [5.74, 6) is 0.414. The number of aryl methyl sites for hydroxylation is 2. The molecule has 0 heterocycles. The highest BCUT2D eigenvalue weighted by Gasteiger charge is 2.12. The van der Waals surface area contributed by atoms with Crippen LogP contribution < -0.4 is 15.4 Å². The Morgan fingerprint density at radius 2 is 1.88 bits per heavy atom. The van der Waals surface area contributed by atoms with Crippen LogP contribution in [0, 0.1) is 13.8 Å². The van der Waals surface area contributed by atoms with Crippen molar-refractivity contribution in [3.05, 3.63) is 59.2 Å². The standard InChI is InChI=1S/C20H24N2O3/c1-13-6-5-7-18(10-13)25-12-15(3)21-20(24)17-9-8-14(2)19(11-17)22-16(4)23/h5-11,15H,12H2,1-4H3,(H,21,24)(H,22,23). The quantitative estimate of drug-likeness (QED) is 0.846. The Bertz CT molecular complexity index is 771. The van der Waals surface area contributed by atoms with Gasteiger partial charge in [-0.15, -0.1) is 0 Å². The first kappa shape index (κ1) is 18.5. The number of rotatable bonds is 6. The second kappa shape index (κ2) is 8.33. The highest BCUT2D eigenvalue weighted by atomic mass is 16.5. The Balaban J connectivity index is 1.95. The van der Waals surface area contributed by atoms with Crippen molar-refractivity contribution in [1.82, 2.24) is 5.32 Å². The van der Waals surface area contributed by atoms with E-state index in [9.17, 15) is 9.59 Å². The van der Waals surface area contributed by atoms with E-state index in [2.05, 4.69) is 10.6 Å². The van der Waals surface area contributed by atoms with Crippen molar-refractivity contribution < 1.29 is 14.3 Å². The van der Waals surface area contributed by atoms with Crippen molar-refractivity contribution in [3.63, 3.8) is 0 Å². The van der Waals surface area contributed by atoms with Crippen LogP contribution in [-0.2, 0) is 4.79 Å². The molecule has 0 aliphatic rings. The summed E-state index contributed by atoms with van der Waals surface area (Å²) in [6, 6.07) is 12.9. The molecule has 5 heteroatoms. The van der Waals surface area contributed by atoms with Gasteiger partial charge in [-0.05, 0) is 56.2 Å². The maximum Gasteiger partial charge on any atom is 0.251 e. The minimum Gasteiger partial charge on any atom is -0.491 e. The second-order valence-electron chi connectivity index (χ2n) is 6.21.